The number of pyridine rings is 1. The molecule has 0 saturated heterocycles. The number of hydrogen-bond donors (Lipinski definition) is 3. The lowest BCUT2D eigenvalue weighted by Crippen LogP contribution is -2.35. The van der Waals surface area contributed by atoms with Crippen LogP contribution in [0.15, 0.2) is 83.9 Å². The van der Waals surface area contributed by atoms with Crippen LogP contribution in [0.1, 0.15) is 41.1 Å². The fourth-order valence-electron chi connectivity index (χ4n) is 5.52. The first-order valence-corrected chi connectivity index (χ1v) is 14.2. The Kier molecular flexibility index (Phi) is 8.59. The van der Waals surface area contributed by atoms with Gasteiger partial charge in [0.1, 0.15) is 6.04 Å². The van der Waals surface area contributed by atoms with Crippen LogP contribution in [0, 0.1) is 17.0 Å². The summed E-state index contributed by atoms with van der Waals surface area (Å²) in [6.07, 6.45) is 3.23. The normalized spacial score (nSPS) is 12.6. The molecule has 5 rings (SSSR count). The van der Waals surface area contributed by atoms with Gasteiger partial charge in [-0.15, -0.1) is 0 Å². The van der Waals surface area contributed by atoms with Gasteiger partial charge in [-0.05, 0) is 64.9 Å². The molecule has 0 aliphatic carbocycles. The van der Waals surface area contributed by atoms with Crippen molar-refractivity contribution in [1.29, 1.82) is 0 Å². The molecular weight excluding hydrogens is 560 g/mol. The van der Waals surface area contributed by atoms with E-state index in [2.05, 4.69) is 15.4 Å². The van der Waals surface area contributed by atoms with Gasteiger partial charge in [-0.1, -0.05) is 31.2 Å². The van der Waals surface area contributed by atoms with Crippen LogP contribution < -0.4 is 10.9 Å². The number of aromatic nitrogens is 3. The van der Waals surface area contributed by atoms with Crippen LogP contribution in [0.5, 0.6) is 0 Å². The topological polar surface area (TPSA) is 146 Å². The van der Waals surface area contributed by atoms with E-state index < -0.39 is 11.0 Å². The lowest BCUT2D eigenvalue weighted by molar-refractivity contribution is -0.384. The fourth-order valence-corrected chi connectivity index (χ4v) is 5.52. The zero-order valence-electron chi connectivity index (χ0n) is 24.9. The number of anilines is 1. The molecule has 2 unspecified atom stereocenters. The minimum Gasteiger partial charge on any atom is -0.396 e. The van der Waals surface area contributed by atoms with Gasteiger partial charge in [0.05, 0.1) is 10.6 Å². The van der Waals surface area contributed by atoms with E-state index in [1.165, 1.54) is 17.0 Å². The van der Waals surface area contributed by atoms with Crippen LogP contribution in [0.25, 0.3) is 22.0 Å². The standard InChI is InChI=1S/C33H34N6O5/c1-20-15-23(6-9-27(20)21(2)19-40)31(36-25-7-5-22-11-13-34-32(41)29(22)17-25)33(42)37(3)18-24-16-26(39(43)44)8-10-28(24)30-12-14-35-38(30)4/h5-17,21,31,36,40H,18-19H2,1-4H3,(H,34,41). The number of fused-ring (bicyclic) bond motifs is 1. The summed E-state index contributed by atoms with van der Waals surface area (Å²) >= 11 is 0. The molecule has 0 spiro atoms. The lowest BCUT2D eigenvalue weighted by Gasteiger charge is -2.27. The molecule has 44 heavy (non-hydrogen) atoms. The van der Waals surface area contributed by atoms with Gasteiger partial charge in [-0.3, -0.25) is 24.4 Å². The second kappa shape index (κ2) is 12.5. The Morgan fingerprint density at radius 2 is 1.93 bits per heavy atom. The summed E-state index contributed by atoms with van der Waals surface area (Å²) in [6, 6.07) is 18.4. The van der Waals surface area contributed by atoms with Gasteiger partial charge in [0.15, 0.2) is 0 Å². The third kappa shape index (κ3) is 6.09. The first kappa shape index (κ1) is 30.2. The molecule has 2 heterocycles. The highest BCUT2D eigenvalue weighted by atomic mass is 16.6. The summed E-state index contributed by atoms with van der Waals surface area (Å²) in [4.78, 5) is 42.2. The maximum absolute atomic E-state index is 14.3. The smallest absolute Gasteiger partial charge is 0.269 e. The van der Waals surface area contributed by atoms with E-state index >= 15 is 0 Å². The average molecular weight is 595 g/mol. The monoisotopic (exact) mass is 594 g/mol. The van der Waals surface area contributed by atoms with Gasteiger partial charge in [0, 0.05) is 74.3 Å². The number of non-ortho nitro benzene ring substituents is 1. The molecule has 11 heteroatoms. The molecule has 0 bridgehead atoms. The van der Waals surface area contributed by atoms with Gasteiger partial charge >= 0.3 is 0 Å². The Balaban J connectivity index is 1.54. The number of aromatic amines is 1. The van der Waals surface area contributed by atoms with Crippen LogP contribution in [0.3, 0.4) is 0 Å². The zero-order chi connectivity index (χ0) is 31.5. The number of rotatable bonds is 10. The number of aliphatic hydroxyl groups excluding tert-OH is 1. The number of likely N-dealkylation sites (N-methyl/N-ethyl adjacent to an activating group) is 1. The number of nitrogens with one attached hydrogen (secondary N) is 2. The van der Waals surface area contributed by atoms with Crippen molar-refractivity contribution < 1.29 is 14.8 Å². The third-order valence-electron chi connectivity index (χ3n) is 7.95. The number of carbonyl (C=O) groups excluding carboxylic acids is 1. The Morgan fingerprint density at radius 1 is 1.14 bits per heavy atom. The van der Waals surface area contributed by atoms with Crippen molar-refractivity contribution in [3.63, 3.8) is 0 Å². The molecule has 1 amide bonds. The molecule has 5 aromatic rings. The van der Waals surface area contributed by atoms with Gasteiger partial charge in [-0.2, -0.15) is 5.10 Å². The summed E-state index contributed by atoms with van der Waals surface area (Å²) in [6.45, 7) is 3.96. The molecule has 0 radical (unpaired) electrons. The van der Waals surface area contributed by atoms with Crippen molar-refractivity contribution in [2.24, 2.45) is 7.05 Å². The number of nitro groups is 1. The molecule has 2 aromatic heterocycles. The molecule has 0 fully saturated rings. The number of nitrogens with zero attached hydrogens (tertiary/aromatic N) is 4. The molecule has 11 nitrogen and oxygen atoms in total. The zero-order valence-corrected chi connectivity index (χ0v) is 24.9. The largest absolute Gasteiger partial charge is 0.396 e. The van der Waals surface area contributed by atoms with Gasteiger partial charge in [0.2, 0.25) is 5.91 Å². The Morgan fingerprint density at radius 3 is 2.61 bits per heavy atom. The van der Waals surface area contributed by atoms with Crippen LogP contribution >= 0.6 is 0 Å². The number of carbonyl (C=O) groups is 1. The first-order chi connectivity index (χ1) is 21.1. The summed E-state index contributed by atoms with van der Waals surface area (Å²) in [7, 11) is 3.44. The van der Waals surface area contributed by atoms with Crippen molar-refractivity contribution >= 4 is 28.1 Å². The Bertz CT molecular complexity index is 1910. The predicted molar refractivity (Wildman–Crippen MR) is 169 cm³/mol. The van der Waals surface area contributed by atoms with E-state index in [0.717, 1.165) is 27.8 Å². The molecule has 0 aliphatic rings. The number of nitro benzene ring substituents is 1. The highest BCUT2D eigenvalue weighted by Gasteiger charge is 2.27. The highest BCUT2D eigenvalue weighted by Crippen LogP contribution is 2.31. The van der Waals surface area contributed by atoms with Crippen molar-refractivity contribution in [2.75, 3.05) is 19.0 Å². The van der Waals surface area contributed by atoms with Gasteiger partial charge in [0.25, 0.3) is 11.2 Å². The molecule has 3 aromatic carbocycles. The van der Waals surface area contributed by atoms with Crippen LogP contribution in [0.2, 0.25) is 0 Å². The van der Waals surface area contributed by atoms with Gasteiger partial charge < -0.3 is 20.3 Å². The van der Waals surface area contributed by atoms with E-state index in [-0.39, 0.29) is 36.2 Å². The number of aryl methyl sites for hydroxylation is 2. The SMILES string of the molecule is Cc1cc(C(Nc2ccc3cc[nH]c(=O)c3c2)C(=O)N(C)Cc2cc([N+](=O)[O-])ccc2-c2ccnn2C)ccc1C(C)CO. The van der Waals surface area contributed by atoms with E-state index in [4.69, 9.17) is 0 Å². The predicted octanol–water partition coefficient (Wildman–Crippen LogP) is 5.05. The van der Waals surface area contributed by atoms with Crippen molar-refractivity contribution in [2.45, 2.75) is 32.4 Å². The molecule has 0 saturated carbocycles. The number of benzene rings is 3. The molecule has 2 atom stereocenters. The van der Waals surface area contributed by atoms with E-state index in [9.17, 15) is 24.8 Å². The van der Waals surface area contributed by atoms with E-state index in [0.29, 0.717) is 22.2 Å². The second-order valence-electron chi connectivity index (χ2n) is 11.0. The first-order valence-electron chi connectivity index (χ1n) is 14.2. The fraction of sp³-hybridized carbons (Fsp3) is 0.242. The number of aliphatic hydroxyl groups is 1. The van der Waals surface area contributed by atoms with E-state index in [1.54, 1.807) is 49.4 Å². The third-order valence-corrected chi connectivity index (χ3v) is 7.95. The number of amides is 1. The maximum Gasteiger partial charge on any atom is 0.269 e. The summed E-state index contributed by atoms with van der Waals surface area (Å²) < 4.78 is 1.68. The minimum absolute atomic E-state index is 0.00260. The van der Waals surface area contributed by atoms with Crippen LogP contribution in [0.4, 0.5) is 11.4 Å². The van der Waals surface area contributed by atoms with Crippen molar-refractivity contribution in [3.05, 3.63) is 122 Å². The lowest BCUT2D eigenvalue weighted by atomic mass is 9.93. The molecule has 0 aliphatic heterocycles. The van der Waals surface area contributed by atoms with E-state index in [1.807, 2.05) is 50.2 Å². The second-order valence-corrected chi connectivity index (χ2v) is 11.0. The van der Waals surface area contributed by atoms with Crippen molar-refractivity contribution in [1.82, 2.24) is 19.7 Å². The van der Waals surface area contributed by atoms with Gasteiger partial charge in [-0.25, -0.2) is 0 Å². The quantitative estimate of drug-likeness (QED) is 0.151. The van der Waals surface area contributed by atoms with Crippen LogP contribution in [-0.2, 0) is 18.4 Å². The van der Waals surface area contributed by atoms with Crippen LogP contribution in [-0.4, -0.2) is 49.3 Å². The minimum atomic E-state index is -0.851. The molecular formula is C33H34N6O5. The molecule has 226 valence electrons. The molecule has 3 N–H and O–H groups in total. The summed E-state index contributed by atoms with van der Waals surface area (Å²) in [5.41, 5.74) is 4.95. The summed E-state index contributed by atoms with van der Waals surface area (Å²) in [5.74, 6) is -0.350. The number of H-pyrrole nitrogens is 1. The van der Waals surface area contributed by atoms with Crippen molar-refractivity contribution in [3.8, 4) is 11.3 Å². The number of hydrogen-bond acceptors (Lipinski definition) is 7. The Hall–Kier alpha value is -5.29. The summed E-state index contributed by atoms with van der Waals surface area (Å²) in [5, 5.41) is 30.2. The maximum atomic E-state index is 14.3. The average Bonchev–Trinajstić information content (AvgIpc) is 3.44. The Labute approximate surface area is 253 Å². The highest BCUT2D eigenvalue weighted by molar-refractivity contribution is 5.89.